The normalized spacial score (nSPS) is 14.1. The molecule has 1 N–H and O–H groups in total. The van der Waals surface area contributed by atoms with Crippen molar-refractivity contribution >= 4 is 22.5 Å². The van der Waals surface area contributed by atoms with Crippen LogP contribution in [0.1, 0.15) is 28.8 Å². The van der Waals surface area contributed by atoms with Crippen LogP contribution in [0.3, 0.4) is 0 Å². The number of fused-ring (bicyclic) bond motifs is 2. The van der Waals surface area contributed by atoms with Crippen LogP contribution in [0.25, 0.3) is 27.9 Å². The van der Waals surface area contributed by atoms with Gasteiger partial charge in [-0.1, -0.05) is 0 Å². The zero-order chi connectivity index (χ0) is 19.4. The molecule has 7 nitrogen and oxygen atoms in total. The highest BCUT2D eigenvalue weighted by atomic mass is 16.5. The van der Waals surface area contributed by atoms with Crippen LogP contribution in [0, 0.1) is 12.8 Å². The van der Waals surface area contributed by atoms with Gasteiger partial charge in [-0.15, -0.1) is 0 Å². The number of hydrogen-bond donors (Lipinski definition) is 1. The van der Waals surface area contributed by atoms with Crippen molar-refractivity contribution in [1.29, 1.82) is 0 Å². The molecule has 0 atom stereocenters. The Labute approximate surface area is 161 Å². The summed E-state index contributed by atoms with van der Waals surface area (Å²) in [7, 11) is 1.54. The van der Waals surface area contributed by atoms with Crippen LogP contribution in [-0.2, 0) is 6.54 Å². The molecule has 0 amide bonds. The molecule has 4 aromatic rings. The van der Waals surface area contributed by atoms with E-state index in [1.54, 1.807) is 11.6 Å². The molecule has 0 aliphatic heterocycles. The first-order valence-corrected chi connectivity index (χ1v) is 9.31. The predicted octanol–water partition coefficient (Wildman–Crippen LogP) is 3.78. The number of pyridine rings is 2. The highest BCUT2D eigenvalue weighted by molar-refractivity contribution is 5.90. The third-order valence-electron chi connectivity index (χ3n) is 5.43. The van der Waals surface area contributed by atoms with Crippen LogP contribution in [0.15, 0.2) is 36.7 Å². The fourth-order valence-electron chi connectivity index (χ4n) is 3.83. The second-order valence-corrected chi connectivity index (χ2v) is 7.37. The van der Waals surface area contributed by atoms with Crippen LogP contribution < -0.4 is 4.74 Å². The summed E-state index contributed by atoms with van der Waals surface area (Å²) >= 11 is 0. The van der Waals surface area contributed by atoms with Gasteiger partial charge in [0.15, 0.2) is 0 Å². The van der Waals surface area contributed by atoms with Gasteiger partial charge in [0.25, 0.3) is 0 Å². The van der Waals surface area contributed by atoms with Crippen LogP contribution in [-0.4, -0.2) is 37.4 Å². The summed E-state index contributed by atoms with van der Waals surface area (Å²) < 4.78 is 9.32. The third kappa shape index (κ3) is 2.54. The van der Waals surface area contributed by atoms with E-state index in [1.165, 1.54) is 25.1 Å². The number of carboxylic acids is 1. The number of methoxy groups -OCH3 is 1. The second-order valence-electron chi connectivity index (χ2n) is 7.37. The van der Waals surface area contributed by atoms with Crippen molar-refractivity contribution in [3.05, 3.63) is 47.8 Å². The lowest BCUT2D eigenvalue weighted by Gasteiger charge is -2.08. The average molecular weight is 376 g/mol. The summed E-state index contributed by atoms with van der Waals surface area (Å²) in [6.45, 7) is 2.91. The molecule has 4 aromatic heterocycles. The van der Waals surface area contributed by atoms with Crippen LogP contribution >= 0.6 is 0 Å². The first-order valence-electron chi connectivity index (χ1n) is 9.31. The van der Waals surface area contributed by atoms with Gasteiger partial charge in [-0.05, 0) is 49.9 Å². The molecule has 0 unspecified atom stereocenters. The molecule has 0 saturated heterocycles. The van der Waals surface area contributed by atoms with Crippen LogP contribution in [0.2, 0.25) is 0 Å². The number of nitrogens with zero attached hydrogens (tertiary/aromatic N) is 4. The monoisotopic (exact) mass is 376 g/mol. The van der Waals surface area contributed by atoms with Crippen molar-refractivity contribution in [1.82, 2.24) is 19.2 Å². The van der Waals surface area contributed by atoms with E-state index in [2.05, 4.69) is 21.7 Å². The zero-order valence-electron chi connectivity index (χ0n) is 15.7. The Hall–Kier alpha value is -3.35. The lowest BCUT2D eigenvalue weighted by Crippen LogP contribution is -2.03. The van der Waals surface area contributed by atoms with Gasteiger partial charge >= 0.3 is 5.97 Å². The number of carboxylic acid groups (broad SMARTS) is 1. The molecule has 7 heteroatoms. The molecule has 0 spiro atoms. The van der Waals surface area contributed by atoms with Gasteiger partial charge < -0.3 is 14.4 Å². The maximum Gasteiger partial charge on any atom is 0.337 e. The van der Waals surface area contributed by atoms with Gasteiger partial charge in [0.1, 0.15) is 22.6 Å². The average Bonchev–Trinajstić information content (AvgIpc) is 3.36. The lowest BCUT2D eigenvalue weighted by molar-refractivity contribution is 0.0695. The van der Waals surface area contributed by atoms with E-state index >= 15 is 0 Å². The molecule has 28 heavy (non-hydrogen) atoms. The molecule has 0 radical (unpaired) electrons. The zero-order valence-corrected chi connectivity index (χ0v) is 15.7. The number of carbonyl (C=O) groups is 1. The molecular weight excluding hydrogens is 356 g/mol. The van der Waals surface area contributed by atoms with Crippen molar-refractivity contribution in [2.45, 2.75) is 26.3 Å². The quantitative estimate of drug-likeness (QED) is 0.573. The molecule has 1 aliphatic carbocycles. The van der Waals surface area contributed by atoms with Crippen molar-refractivity contribution in [2.75, 3.05) is 7.11 Å². The van der Waals surface area contributed by atoms with Crippen LogP contribution in [0.4, 0.5) is 0 Å². The largest absolute Gasteiger partial charge is 0.494 e. The minimum Gasteiger partial charge on any atom is -0.494 e. The van der Waals surface area contributed by atoms with E-state index in [-0.39, 0.29) is 5.56 Å². The predicted molar refractivity (Wildman–Crippen MR) is 105 cm³/mol. The number of aromatic nitrogens is 4. The Morgan fingerprint density at radius 1 is 1.36 bits per heavy atom. The lowest BCUT2D eigenvalue weighted by atomic mass is 10.1. The topological polar surface area (TPSA) is 81.7 Å². The smallest absolute Gasteiger partial charge is 0.337 e. The Morgan fingerprint density at radius 3 is 2.89 bits per heavy atom. The molecule has 1 saturated carbocycles. The van der Waals surface area contributed by atoms with E-state index in [4.69, 9.17) is 9.84 Å². The van der Waals surface area contributed by atoms with E-state index < -0.39 is 5.97 Å². The summed E-state index contributed by atoms with van der Waals surface area (Å²) in [5, 5.41) is 15.2. The van der Waals surface area contributed by atoms with E-state index in [1.807, 2.05) is 19.2 Å². The summed E-state index contributed by atoms with van der Waals surface area (Å²) in [4.78, 5) is 16.1. The van der Waals surface area contributed by atoms with Crippen molar-refractivity contribution in [2.24, 2.45) is 5.92 Å². The Kier molecular flexibility index (Phi) is 3.65. The molecule has 142 valence electrons. The SMILES string of the molecule is COc1cc(C(=O)O)cn2nc(-c3cc4cccnc4n3CC3CC3)c(C)c12. The van der Waals surface area contributed by atoms with Gasteiger partial charge in [0.05, 0.1) is 18.4 Å². The number of hydrogen-bond acceptors (Lipinski definition) is 4. The highest BCUT2D eigenvalue weighted by Crippen LogP contribution is 2.37. The first-order chi connectivity index (χ1) is 13.6. The fraction of sp³-hybridized carbons (Fsp3) is 0.286. The Morgan fingerprint density at radius 2 is 2.18 bits per heavy atom. The summed E-state index contributed by atoms with van der Waals surface area (Å²) in [6, 6.07) is 7.65. The third-order valence-corrected chi connectivity index (χ3v) is 5.43. The Bertz CT molecular complexity index is 1230. The first kappa shape index (κ1) is 16.8. The van der Waals surface area contributed by atoms with Gasteiger partial charge in [-0.3, -0.25) is 0 Å². The van der Waals surface area contributed by atoms with Crippen molar-refractivity contribution < 1.29 is 14.6 Å². The molecule has 0 bridgehead atoms. The number of aromatic carboxylic acids is 1. The highest BCUT2D eigenvalue weighted by Gasteiger charge is 2.26. The molecule has 4 heterocycles. The minimum absolute atomic E-state index is 0.138. The number of rotatable bonds is 5. The minimum atomic E-state index is -1.01. The van der Waals surface area contributed by atoms with E-state index in [0.717, 1.165) is 40.0 Å². The maximum absolute atomic E-state index is 11.5. The molecule has 0 aromatic carbocycles. The van der Waals surface area contributed by atoms with Crippen LogP contribution in [0.5, 0.6) is 5.75 Å². The molecule has 1 aliphatic rings. The molecule has 1 fully saturated rings. The Balaban J connectivity index is 1.77. The van der Waals surface area contributed by atoms with Crippen molar-refractivity contribution in [3.63, 3.8) is 0 Å². The second kappa shape index (κ2) is 6.09. The van der Waals surface area contributed by atoms with Gasteiger partial charge in [-0.25, -0.2) is 14.3 Å². The van der Waals surface area contributed by atoms with Gasteiger partial charge in [0, 0.05) is 29.9 Å². The standard InChI is InChI=1S/C21H20N4O3/c1-12-18(23-25-11-15(21(26)27)9-17(28-2)19(12)25)16-8-14-4-3-7-22-20(14)24(16)10-13-5-6-13/h3-4,7-9,11,13H,5-6,10H2,1-2H3,(H,26,27). The number of ether oxygens (including phenoxy) is 1. The molecule has 5 rings (SSSR count). The maximum atomic E-state index is 11.5. The summed E-state index contributed by atoms with van der Waals surface area (Å²) in [6.07, 6.45) is 5.83. The molecular formula is C21H20N4O3. The number of aryl methyl sites for hydroxylation is 1. The van der Waals surface area contributed by atoms with Crippen molar-refractivity contribution in [3.8, 4) is 17.1 Å². The summed E-state index contributed by atoms with van der Waals surface area (Å²) in [5.41, 5.74) is 4.64. The van der Waals surface area contributed by atoms with Gasteiger partial charge in [-0.2, -0.15) is 5.10 Å². The van der Waals surface area contributed by atoms with E-state index in [0.29, 0.717) is 11.7 Å². The fourth-order valence-corrected chi connectivity index (χ4v) is 3.83. The van der Waals surface area contributed by atoms with Gasteiger partial charge in [0.2, 0.25) is 0 Å². The van der Waals surface area contributed by atoms with E-state index in [9.17, 15) is 9.90 Å². The summed E-state index contributed by atoms with van der Waals surface area (Å²) in [5.74, 6) is 0.169.